The zero-order valence-electron chi connectivity index (χ0n) is 13.6. The highest BCUT2D eigenvalue weighted by molar-refractivity contribution is 5.85. The number of benzene rings is 1. The topological polar surface area (TPSA) is 79.0 Å². The Morgan fingerprint density at radius 3 is 2.88 bits per heavy atom. The van der Waals surface area contributed by atoms with Crippen LogP contribution < -0.4 is 10.6 Å². The van der Waals surface area contributed by atoms with Gasteiger partial charge in [-0.2, -0.15) is 0 Å². The number of ether oxygens (including phenoxy) is 1. The van der Waals surface area contributed by atoms with E-state index in [1.54, 1.807) is 0 Å². The molecule has 1 aromatic heterocycles. The van der Waals surface area contributed by atoms with Crippen LogP contribution in [0.3, 0.4) is 0 Å². The molecule has 3 N–H and O–H groups in total. The number of halogens is 2. The van der Waals surface area contributed by atoms with E-state index in [1.165, 1.54) is 0 Å². The minimum Gasteiger partial charge on any atom is -0.378 e. The fourth-order valence-electron chi connectivity index (χ4n) is 2.73. The molecule has 3 rings (SSSR count). The summed E-state index contributed by atoms with van der Waals surface area (Å²) in [5, 5.41) is 6.36. The molecule has 8 heteroatoms. The Balaban J connectivity index is 0.00000144. The highest BCUT2D eigenvalue weighted by Crippen LogP contribution is 2.18. The molecule has 0 saturated carbocycles. The van der Waals surface area contributed by atoms with Crippen molar-refractivity contribution < 1.29 is 9.53 Å². The van der Waals surface area contributed by atoms with Crippen molar-refractivity contribution >= 4 is 41.8 Å². The fourth-order valence-corrected chi connectivity index (χ4v) is 2.73. The summed E-state index contributed by atoms with van der Waals surface area (Å²) < 4.78 is 5.38. The van der Waals surface area contributed by atoms with E-state index in [2.05, 4.69) is 20.6 Å². The van der Waals surface area contributed by atoms with Crippen molar-refractivity contribution in [1.29, 1.82) is 0 Å². The average molecular weight is 375 g/mol. The summed E-state index contributed by atoms with van der Waals surface area (Å²) >= 11 is 0. The molecule has 0 bridgehead atoms. The molecule has 6 nitrogen and oxygen atoms in total. The smallest absolute Gasteiger partial charge is 0.222 e. The molecule has 0 aliphatic carbocycles. The first-order valence-corrected chi connectivity index (χ1v) is 7.81. The molecule has 1 saturated heterocycles. The lowest BCUT2D eigenvalue weighted by Crippen LogP contribution is -2.44. The van der Waals surface area contributed by atoms with Gasteiger partial charge >= 0.3 is 0 Å². The van der Waals surface area contributed by atoms with Gasteiger partial charge in [-0.1, -0.05) is 19.1 Å². The van der Waals surface area contributed by atoms with Crippen LogP contribution in [0.5, 0.6) is 0 Å². The third-order valence-electron chi connectivity index (χ3n) is 3.91. The van der Waals surface area contributed by atoms with Crippen LogP contribution in [0.15, 0.2) is 24.3 Å². The quantitative estimate of drug-likeness (QED) is 0.750. The molecule has 24 heavy (non-hydrogen) atoms. The zero-order valence-corrected chi connectivity index (χ0v) is 15.2. The number of rotatable bonds is 5. The lowest BCUT2D eigenvalue weighted by atomic mass is 10.1. The zero-order chi connectivity index (χ0) is 15.4. The highest BCUT2D eigenvalue weighted by atomic mass is 35.5. The number of H-pyrrole nitrogens is 1. The minimum absolute atomic E-state index is 0. The monoisotopic (exact) mass is 374 g/mol. The van der Waals surface area contributed by atoms with E-state index in [9.17, 15) is 4.79 Å². The third-order valence-corrected chi connectivity index (χ3v) is 3.91. The fraction of sp³-hybridized carbons (Fsp3) is 0.500. The number of hydrogen-bond donors (Lipinski definition) is 3. The maximum Gasteiger partial charge on any atom is 0.222 e. The number of carbonyl (C=O) groups is 1. The summed E-state index contributed by atoms with van der Waals surface area (Å²) in [6.07, 6.45) is 1.22. The Morgan fingerprint density at radius 2 is 2.21 bits per heavy atom. The van der Waals surface area contributed by atoms with Crippen LogP contribution in [-0.2, 0) is 9.53 Å². The van der Waals surface area contributed by atoms with Crippen molar-refractivity contribution in [3.05, 3.63) is 30.1 Å². The summed E-state index contributed by atoms with van der Waals surface area (Å²) in [7, 11) is 0. The van der Waals surface area contributed by atoms with E-state index in [-0.39, 0.29) is 42.8 Å². The minimum atomic E-state index is -0.0931. The number of imidazole rings is 1. The molecule has 134 valence electrons. The second-order valence-electron chi connectivity index (χ2n) is 5.60. The van der Waals surface area contributed by atoms with Crippen LogP contribution >= 0.6 is 24.8 Å². The van der Waals surface area contributed by atoms with Gasteiger partial charge in [0.2, 0.25) is 5.91 Å². The number of amides is 1. The van der Waals surface area contributed by atoms with E-state index >= 15 is 0 Å². The number of aromatic nitrogens is 2. The molecule has 2 unspecified atom stereocenters. The van der Waals surface area contributed by atoms with E-state index in [1.807, 2.05) is 31.2 Å². The molecular formula is C16H24Cl2N4O2. The average Bonchev–Trinajstić information content (AvgIpc) is 2.97. The van der Waals surface area contributed by atoms with Crippen molar-refractivity contribution in [2.75, 3.05) is 19.8 Å². The van der Waals surface area contributed by atoms with Gasteiger partial charge in [-0.15, -0.1) is 24.8 Å². The second kappa shape index (κ2) is 9.84. The Bertz CT molecular complexity index is 611. The predicted octanol–water partition coefficient (Wildman–Crippen LogP) is 2.35. The molecule has 1 aliphatic rings. The molecule has 2 atom stereocenters. The van der Waals surface area contributed by atoms with Gasteiger partial charge < -0.3 is 20.4 Å². The van der Waals surface area contributed by atoms with Gasteiger partial charge in [0.05, 0.1) is 30.3 Å². The predicted molar refractivity (Wildman–Crippen MR) is 99.0 cm³/mol. The number of nitrogens with zero attached hydrogens (tertiary/aromatic N) is 1. The molecular weight excluding hydrogens is 351 g/mol. The number of aromatic amines is 1. The summed E-state index contributed by atoms with van der Waals surface area (Å²) in [6.45, 7) is 4.16. The van der Waals surface area contributed by atoms with Crippen LogP contribution in [0.1, 0.15) is 31.6 Å². The van der Waals surface area contributed by atoms with Crippen LogP contribution in [-0.4, -0.2) is 41.7 Å². The van der Waals surface area contributed by atoms with Crippen LogP contribution in [0.4, 0.5) is 0 Å². The number of morpholine rings is 1. The first kappa shape index (κ1) is 20.7. The number of fused-ring (bicyclic) bond motifs is 1. The van der Waals surface area contributed by atoms with Gasteiger partial charge in [-0.25, -0.2) is 4.98 Å². The molecule has 2 heterocycles. The Hall–Kier alpha value is -1.34. The van der Waals surface area contributed by atoms with Crippen LogP contribution in [0.2, 0.25) is 0 Å². The molecule has 1 amide bonds. The van der Waals surface area contributed by atoms with Crippen molar-refractivity contribution in [3.63, 3.8) is 0 Å². The van der Waals surface area contributed by atoms with Gasteiger partial charge in [0.25, 0.3) is 0 Å². The molecule has 0 radical (unpaired) electrons. The molecule has 1 aliphatic heterocycles. The van der Waals surface area contributed by atoms with Gasteiger partial charge in [-0.3, -0.25) is 4.79 Å². The summed E-state index contributed by atoms with van der Waals surface area (Å²) in [4.78, 5) is 20.1. The molecule has 2 aromatic rings. The summed E-state index contributed by atoms with van der Waals surface area (Å²) in [6, 6.07) is 7.89. The third kappa shape index (κ3) is 5.08. The Morgan fingerprint density at radius 1 is 1.42 bits per heavy atom. The van der Waals surface area contributed by atoms with Crippen molar-refractivity contribution in [3.8, 4) is 0 Å². The van der Waals surface area contributed by atoms with Crippen LogP contribution in [0, 0.1) is 0 Å². The summed E-state index contributed by atoms with van der Waals surface area (Å²) in [5.74, 6) is 0.834. The lowest BCUT2D eigenvalue weighted by Gasteiger charge is -2.24. The first-order valence-electron chi connectivity index (χ1n) is 7.81. The molecule has 0 spiro atoms. The Kier molecular flexibility index (Phi) is 8.48. The maximum atomic E-state index is 12.2. The van der Waals surface area contributed by atoms with Gasteiger partial charge in [0.1, 0.15) is 5.82 Å². The molecule has 1 fully saturated rings. The molecule has 1 aromatic carbocycles. The number of carbonyl (C=O) groups excluding carboxylic acids is 1. The van der Waals surface area contributed by atoms with Crippen molar-refractivity contribution in [2.45, 2.75) is 31.8 Å². The first-order chi connectivity index (χ1) is 10.8. The SMILES string of the molecule is CCC(NC(=O)CC1COCCN1)c1nc2ccccc2[nH]1.Cl.Cl. The van der Waals surface area contributed by atoms with Crippen LogP contribution in [0.25, 0.3) is 11.0 Å². The second-order valence-corrected chi connectivity index (χ2v) is 5.60. The van der Waals surface area contributed by atoms with Gasteiger partial charge in [0, 0.05) is 19.0 Å². The number of para-hydroxylation sites is 2. The van der Waals surface area contributed by atoms with Crippen molar-refractivity contribution in [1.82, 2.24) is 20.6 Å². The van der Waals surface area contributed by atoms with E-state index in [0.29, 0.717) is 19.6 Å². The Labute approximate surface area is 154 Å². The maximum absolute atomic E-state index is 12.2. The van der Waals surface area contributed by atoms with E-state index in [0.717, 1.165) is 29.8 Å². The van der Waals surface area contributed by atoms with Gasteiger partial charge in [0.15, 0.2) is 0 Å². The number of hydrogen-bond acceptors (Lipinski definition) is 4. The normalized spacial score (nSPS) is 18.3. The standard InChI is InChI=1S/C16H22N4O2.2ClH/c1-2-12(16-19-13-5-3-4-6-14(13)20-16)18-15(21)9-11-10-22-8-7-17-11;;/h3-6,11-12,17H,2,7-10H2,1H3,(H,18,21)(H,19,20);2*1H. The summed E-state index contributed by atoms with van der Waals surface area (Å²) in [5.41, 5.74) is 1.92. The van der Waals surface area contributed by atoms with Gasteiger partial charge in [-0.05, 0) is 18.6 Å². The lowest BCUT2D eigenvalue weighted by molar-refractivity contribution is -0.123. The van der Waals surface area contributed by atoms with Crippen molar-refractivity contribution in [2.24, 2.45) is 0 Å². The van der Waals surface area contributed by atoms with E-state index in [4.69, 9.17) is 4.74 Å². The number of nitrogens with one attached hydrogen (secondary N) is 3. The highest BCUT2D eigenvalue weighted by Gasteiger charge is 2.20. The largest absolute Gasteiger partial charge is 0.378 e. The van der Waals surface area contributed by atoms with E-state index < -0.39 is 0 Å².